The van der Waals surface area contributed by atoms with E-state index in [1.165, 1.54) is 5.56 Å². The SMILES string of the molecule is CC(C)(Cc1ccccc1)C(=O)NCCCCN.Cl. The first kappa shape index (κ1) is 17.9. The van der Waals surface area contributed by atoms with E-state index in [0.29, 0.717) is 13.1 Å². The fraction of sp³-hybridized carbons (Fsp3) is 0.533. The molecular weight excluding hydrogens is 260 g/mol. The van der Waals surface area contributed by atoms with Crippen molar-refractivity contribution in [1.82, 2.24) is 5.32 Å². The zero-order valence-electron chi connectivity index (χ0n) is 11.8. The third-order valence-electron chi connectivity index (χ3n) is 3.02. The largest absolute Gasteiger partial charge is 0.356 e. The maximum absolute atomic E-state index is 12.1. The van der Waals surface area contributed by atoms with Crippen molar-refractivity contribution < 1.29 is 4.79 Å². The molecule has 0 aliphatic rings. The Labute approximate surface area is 122 Å². The van der Waals surface area contributed by atoms with E-state index >= 15 is 0 Å². The third kappa shape index (κ3) is 6.60. The summed E-state index contributed by atoms with van der Waals surface area (Å²) >= 11 is 0. The van der Waals surface area contributed by atoms with Crippen LogP contribution in [0.2, 0.25) is 0 Å². The van der Waals surface area contributed by atoms with Gasteiger partial charge in [-0.1, -0.05) is 44.2 Å². The molecule has 0 unspecified atom stereocenters. The van der Waals surface area contributed by atoms with Gasteiger partial charge in [-0.2, -0.15) is 0 Å². The van der Waals surface area contributed by atoms with Crippen molar-refractivity contribution in [3.05, 3.63) is 35.9 Å². The number of carbonyl (C=O) groups excluding carboxylic acids is 1. The van der Waals surface area contributed by atoms with Gasteiger partial charge in [0.25, 0.3) is 0 Å². The molecule has 0 saturated heterocycles. The molecule has 0 bridgehead atoms. The Hall–Kier alpha value is -1.06. The Kier molecular flexibility index (Phi) is 8.44. The third-order valence-corrected chi connectivity index (χ3v) is 3.02. The Morgan fingerprint density at radius 1 is 1.21 bits per heavy atom. The fourth-order valence-electron chi connectivity index (χ4n) is 1.90. The molecule has 1 amide bonds. The minimum atomic E-state index is -0.371. The van der Waals surface area contributed by atoms with Crippen LogP contribution >= 0.6 is 12.4 Å². The number of unbranched alkanes of at least 4 members (excludes halogenated alkanes) is 1. The molecule has 0 saturated carbocycles. The van der Waals surface area contributed by atoms with Crippen LogP contribution in [0.3, 0.4) is 0 Å². The lowest BCUT2D eigenvalue weighted by molar-refractivity contribution is -0.129. The fourth-order valence-corrected chi connectivity index (χ4v) is 1.90. The second kappa shape index (κ2) is 8.94. The van der Waals surface area contributed by atoms with E-state index in [0.717, 1.165) is 19.3 Å². The summed E-state index contributed by atoms with van der Waals surface area (Å²) in [6, 6.07) is 10.1. The predicted molar refractivity (Wildman–Crippen MR) is 82.5 cm³/mol. The zero-order chi connectivity index (χ0) is 13.4. The van der Waals surface area contributed by atoms with Gasteiger partial charge in [0, 0.05) is 12.0 Å². The maximum atomic E-state index is 12.1. The average molecular weight is 285 g/mol. The zero-order valence-corrected chi connectivity index (χ0v) is 12.6. The van der Waals surface area contributed by atoms with Gasteiger partial charge in [0.2, 0.25) is 5.91 Å². The summed E-state index contributed by atoms with van der Waals surface area (Å²) in [6.45, 7) is 5.37. The molecule has 3 N–H and O–H groups in total. The topological polar surface area (TPSA) is 55.1 Å². The first-order valence-corrected chi connectivity index (χ1v) is 6.58. The molecule has 19 heavy (non-hydrogen) atoms. The molecule has 3 nitrogen and oxygen atoms in total. The van der Waals surface area contributed by atoms with Crippen LogP contribution in [0, 0.1) is 5.41 Å². The lowest BCUT2D eigenvalue weighted by Crippen LogP contribution is -2.38. The molecule has 108 valence electrons. The molecule has 0 aliphatic carbocycles. The number of nitrogens with two attached hydrogens (primary N) is 1. The van der Waals surface area contributed by atoms with E-state index in [1.807, 2.05) is 32.0 Å². The second-order valence-electron chi connectivity index (χ2n) is 5.30. The summed E-state index contributed by atoms with van der Waals surface area (Å²) in [4.78, 5) is 12.1. The molecule has 0 radical (unpaired) electrons. The van der Waals surface area contributed by atoms with Crippen LogP contribution in [-0.2, 0) is 11.2 Å². The van der Waals surface area contributed by atoms with E-state index in [4.69, 9.17) is 5.73 Å². The Bertz CT molecular complexity index is 366. The van der Waals surface area contributed by atoms with Crippen LogP contribution in [0.5, 0.6) is 0 Å². The first-order chi connectivity index (χ1) is 8.56. The summed E-state index contributed by atoms with van der Waals surface area (Å²) in [6.07, 6.45) is 2.67. The van der Waals surface area contributed by atoms with Crippen LogP contribution < -0.4 is 11.1 Å². The highest BCUT2D eigenvalue weighted by molar-refractivity contribution is 5.85. The average Bonchev–Trinajstić information content (AvgIpc) is 2.35. The number of nitrogens with one attached hydrogen (secondary N) is 1. The summed E-state index contributed by atoms with van der Waals surface area (Å²) < 4.78 is 0. The van der Waals surface area contributed by atoms with Crippen LogP contribution in [0.1, 0.15) is 32.3 Å². The summed E-state index contributed by atoms with van der Waals surface area (Å²) in [5.74, 6) is 0.114. The quantitative estimate of drug-likeness (QED) is 0.756. The molecule has 4 heteroatoms. The molecular formula is C15H25ClN2O. The molecule has 0 spiro atoms. The smallest absolute Gasteiger partial charge is 0.225 e. The van der Waals surface area contributed by atoms with Crippen LogP contribution in [-0.4, -0.2) is 19.0 Å². The van der Waals surface area contributed by atoms with Gasteiger partial charge in [0.1, 0.15) is 0 Å². The Morgan fingerprint density at radius 2 is 1.84 bits per heavy atom. The van der Waals surface area contributed by atoms with Crippen LogP contribution in [0.25, 0.3) is 0 Å². The summed E-state index contributed by atoms with van der Waals surface area (Å²) in [5.41, 5.74) is 6.24. The minimum absolute atomic E-state index is 0. The van der Waals surface area contributed by atoms with Gasteiger partial charge in [-0.05, 0) is 31.4 Å². The number of halogens is 1. The van der Waals surface area contributed by atoms with Crippen molar-refractivity contribution in [3.8, 4) is 0 Å². The molecule has 1 aromatic carbocycles. The molecule has 0 atom stereocenters. The summed E-state index contributed by atoms with van der Waals surface area (Å²) in [7, 11) is 0. The maximum Gasteiger partial charge on any atom is 0.225 e. The lowest BCUT2D eigenvalue weighted by atomic mass is 9.85. The monoisotopic (exact) mass is 284 g/mol. The number of amides is 1. The van der Waals surface area contributed by atoms with Gasteiger partial charge >= 0.3 is 0 Å². The number of hydrogen-bond acceptors (Lipinski definition) is 2. The highest BCUT2D eigenvalue weighted by Crippen LogP contribution is 2.21. The van der Waals surface area contributed by atoms with Gasteiger partial charge in [0.05, 0.1) is 0 Å². The van der Waals surface area contributed by atoms with Gasteiger partial charge in [-0.25, -0.2) is 0 Å². The van der Waals surface area contributed by atoms with Crippen molar-refractivity contribution in [2.45, 2.75) is 33.1 Å². The van der Waals surface area contributed by atoms with Crippen molar-refractivity contribution in [2.75, 3.05) is 13.1 Å². The van der Waals surface area contributed by atoms with E-state index in [-0.39, 0.29) is 23.7 Å². The standard InChI is InChI=1S/C15H24N2O.ClH/c1-15(2,12-13-8-4-3-5-9-13)14(18)17-11-7-6-10-16;/h3-5,8-9H,6-7,10-12,16H2,1-2H3,(H,17,18);1H. The lowest BCUT2D eigenvalue weighted by Gasteiger charge is -2.23. The number of hydrogen-bond donors (Lipinski definition) is 2. The number of benzene rings is 1. The molecule has 1 aromatic rings. The number of carbonyl (C=O) groups is 1. The second-order valence-corrected chi connectivity index (χ2v) is 5.30. The highest BCUT2D eigenvalue weighted by Gasteiger charge is 2.27. The van der Waals surface area contributed by atoms with E-state index in [9.17, 15) is 4.79 Å². The Morgan fingerprint density at radius 3 is 2.42 bits per heavy atom. The van der Waals surface area contributed by atoms with Crippen LogP contribution in [0.4, 0.5) is 0 Å². The van der Waals surface area contributed by atoms with Gasteiger partial charge < -0.3 is 11.1 Å². The highest BCUT2D eigenvalue weighted by atomic mass is 35.5. The molecule has 0 aromatic heterocycles. The van der Waals surface area contributed by atoms with Gasteiger partial charge in [-0.15, -0.1) is 12.4 Å². The van der Waals surface area contributed by atoms with Crippen molar-refractivity contribution >= 4 is 18.3 Å². The summed E-state index contributed by atoms with van der Waals surface area (Å²) in [5, 5.41) is 2.98. The normalized spacial score (nSPS) is 10.7. The van der Waals surface area contributed by atoms with Crippen molar-refractivity contribution in [1.29, 1.82) is 0 Å². The van der Waals surface area contributed by atoms with Gasteiger partial charge in [-0.3, -0.25) is 4.79 Å². The molecule has 0 aliphatic heterocycles. The van der Waals surface area contributed by atoms with E-state index < -0.39 is 0 Å². The van der Waals surface area contributed by atoms with E-state index in [1.54, 1.807) is 0 Å². The first-order valence-electron chi connectivity index (χ1n) is 6.58. The van der Waals surface area contributed by atoms with E-state index in [2.05, 4.69) is 17.4 Å². The minimum Gasteiger partial charge on any atom is -0.356 e. The molecule has 1 rings (SSSR count). The van der Waals surface area contributed by atoms with Crippen molar-refractivity contribution in [3.63, 3.8) is 0 Å². The molecule has 0 heterocycles. The Balaban J connectivity index is 0.00000324. The van der Waals surface area contributed by atoms with Gasteiger partial charge in [0.15, 0.2) is 0 Å². The number of rotatable bonds is 7. The van der Waals surface area contributed by atoms with Crippen LogP contribution in [0.15, 0.2) is 30.3 Å². The predicted octanol–water partition coefficient (Wildman–Crippen LogP) is 2.53. The van der Waals surface area contributed by atoms with Crippen molar-refractivity contribution in [2.24, 2.45) is 11.1 Å². The molecule has 0 fully saturated rings.